The van der Waals surface area contributed by atoms with E-state index in [1.165, 1.54) is 6.07 Å². The zero-order valence-electron chi connectivity index (χ0n) is 15.9. The molecule has 1 fully saturated rings. The first-order chi connectivity index (χ1) is 14.6. The normalized spacial score (nSPS) is 26.9. The summed E-state index contributed by atoms with van der Waals surface area (Å²) in [4.78, 5) is 28.4. The van der Waals surface area contributed by atoms with E-state index in [0.29, 0.717) is 0 Å². The molecule has 1 saturated heterocycles. The average molecular weight is 398 g/mol. The molecular formula is C24H18N2O4. The Labute approximate surface area is 172 Å². The lowest BCUT2D eigenvalue weighted by Gasteiger charge is -2.45. The molecular weight excluding hydrogens is 380 g/mol. The monoisotopic (exact) mass is 398 g/mol. The number of amides is 2. The van der Waals surface area contributed by atoms with Crippen molar-refractivity contribution in [1.82, 2.24) is 0 Å². The van der Waals surface area contributed by atoms with Gasteiger partial charge in [-0.15, -0.1) is 0 Å². The summed E-state index contributed by atoms with van der Waals surface area (Å²) in [6.07, 6.45) is 0. The molecule has 0 aromatic heterocycles. The van der Waals surface area contributed by atoms with Gasteiger partial charge in [-0.05, 0) is 28.3 Å². The van der Waals surface area contributed by atoms with Gasteiger partial charge in [-0.2, -0.15) is 5.23 Å². The highest BCUT2D eigenvalue weighted by molar-refractivity contribution is 6.24. The van der Waals surface area contributed by atoms with E-state index >= 15 is 0 Å². The first kappa shape index (κ1) is 17.5. The predicted octanol–water partition coefficient (Wildman–Crippen LogP) is 2.49. The van der Waals surface area contributed by atoms with Crippen molar-refractivity contribution < 1.29 is 20.0 Å². The Kier molecular flexibility index (Phi) is 3.56. The van der Waals surface area contributed by atoms with E-state index in [1.54, 1.807) is 18.2 Å². The molecule has 0 spiro atoms. The van der Waals surface area contributed by atoms with Gasteiger partial charge in [-0.1, -0.05) is 60.7 Å². The number of quaternary nitrogens is 1. The molecule has 2 bridgehead atoms. The highest BCUT2D eigenvalue weighted by Crippen LogP contribution is 2.61. The Balaban J connectivity index is 1.57. The molecule has 3 atom stereocenters. The summed E-state index contributed by atoms with van der Waals surface area (Å²) in [5.74, 6) is -2.06. The van der Waals surface area contributed by atoms with Crippen LogP contribution in [0.3, 0.4) is 0 Å². The highest BCUT2D eigenvalue weighted by Gasteiger charge is 2.62. The van der Waals surface area contributed by atoms with Crippen LogP contribution in [-0.4, -0.2) is 17.0 Å². The SMILES string of the molecule is O=C1[C@H]2C3c4ccccc4C(c4ccccc43)[C@@H]2C(=O)N1c1ccccc1[NH+]([O-])O. The molecule has 0 saturated carbocycles. The molecule has 1 heterocycles. The van der Waals surface area contributed by atoms with Crippen LogP contribution in [0.5, 0.6) is 0 Å². The quantitative estimate of drug-likeness (QED) is 0.513. The fourth-order valence-corrected chi connectivity index (χ4v) is 5.76. The van der Waals surface area contributed by atoms with Crippen LogP contribution in [0.25, 0.3) is 0 Å². The number of anilines is 1. The lowest BCUT2D eigenvalue weighted by Crippen LogP contribution is -2.99. The van der Waals surface area contributed by atoms with E-state index in [1.807, 2.05) is 48.5 Å². The lowest BCUT2D eigenvalue weighted by atomic mass is 9.55. The van der Waals surface area contributed by atoms with Gasteiger partial charge in [-0.25, -0.2) is 10.1 Å². The molecule has 4 aliphatic rings. The van der Waals surface area contributed by atoms with E-state index in [9.17, 15) is 20.0 Å². The molecule has 0 radical (unpaired) electrons. The van der Waals surface area contributed by atoms with Gasteiger partial charge in [0.15, 0.2) is 5.69 Å². The van der Waals surface area contributed by atoms with Crippen molar-refractivity contribution in [2.75, 3.05) is 4.90 Å². The van der Waals surface area contributed by atoms with Gasteiger partial charge in [0.2, 0.25) is 11.8 Å². The molecule has 6 heteroatoms. The summed E-state index contributed by atoms with van der Waals surface area (Å²) in [5, 5.41) is 20.2. The maximum Gasteiger partial charge on any atom is 0.238 e. The third kappa shape index (κ3) is 2.07. The number of imide groups is 1. The lowest BCUT2D eigenvalue weighted by molar-refractivity contribution is -0.990. The first-order valence-corrected chi connectivity index (χ1v) is 9.97. The fourth-order valence-electron chi connectivity index (χ4n) is 5.76. The predicted molar refractivity (Wildman–Crippen MR) is 108 cm³/mol. The standard InChI is InChI=1S/C24H18N2O4/c27-23-21-19-13-7-1-2-8-14(13)20(16-10-4-3-9-15(16)19)22(21)24(28)25(23)17-11-5-6-12-18(17)26(29)30/h1-12,19-22,26,29H/t19?,20?,21-,22-/m0/s1. The van der Waals surface area contributed by atoms with Gasteiger partial charge in [0.05, 0.1) is 11.8 Å². The van der Waals surface area contributed by atoms with E-state index in [-0.39, 0.29) is 35.0 Å². The number of nitrogens with zero attached hydrogens (tertiary/aromatic N) is 1. The summed E-state index contributed by atoms with van der Waals surface area (Å²) < 4.78 is 0. The maximum absolute atomic E-state index is 13.6. The van der Waals surface area contributed by atoms with Crippen molar-refractivity contribution in [2.24, 2.45) is 11.8 Å². The molecule has 3 aromatic rings. The largest absolute Gasteiger partial charge is 0.595 e. The minimum atomic E-state index is -1.16. The molecule has 30 heavy (non-hydrogen) atoms. The average Bonchev–Trinajstić information content (AvgIpc) is 3.04. The Morgan fingerprint density at radius 2 is 1.10 bits per heavy atom. The number of rotatable bonds is 2. The number of hydrogen-bond donors (Lipinski definition) is 2. The van der Waals surface area contributed by atoms with Gasteiger partial charge in [0.25, 0.3) is 0 Å². The van der Waals surface area contributed by atoms with E-state index in [0.717, 1.165) is 27.2 Å². The van der Waals surface area contributed by atoms with Gasteiger partial charge in [0.1, 0.15) is 5.69 Å². The van der Waals surface area contributed by atoms with Crippen LogP contribution in [0.4, 0.5) is 11.4 Å². The number of benzene rings is 3. The van der Waals surface area contributed by atoms with E-state index < -0.39 is 17.1 Å². The van der Waals surface area contributed by atoms with Crippen LogP contribution >= 0.6 is 0 Å². The van der Waals surface area contributed by atoms with Gasteiger partial charge in [0, 0.05) is 17.9 Å². The minimum Gasteiger partial charge on any atom is -0.595 e. The zero-order valence-corrected chi connectivity index (χ0v) is 15.9. The molecule has 7 rings (SSSR count). The van der Waals surface area contributed by atoms with Gasteiger partial charge >= 0.3 is 0 Å². The van der Waals surface area contributed by atoms with E-state index in [4.69, 9.17) is 0 Å². The van der Waals surface area contributed by atoms with Crippen molar-refractivity contribution in [2.45, 2.75) is 11.8 Å². The van der Waals surface area contributed by atoms with Crippen molar-refractivity contribution in [1.29, 1.82) is 0 Å². The minimum absolute atomic E-state index is 0.0415. The Morgan fingerprint density at radius 3 is 1.53 bits per heavy atom. The van der Waals surface area contributed by atoms with Gasteiger partial charge < -0.3 is 5.21 Å². The smallest absolute Gasteiger partial charge is 0.238 e. The number of para-hydroxylation sites is 2. The van der Waals surface area contributed by atoms with Crippen molar-refractivity contribution >= 4 is 23.2 Å². The summed E-state index contributed by atoms with van der Waals surface area (Å²) in [6, 6.07) is 22.3. The second-order valence-corrected chi connectivity index (χ2v) is 8.10. The molecule has 1 aliphatic heterocycles. The fraction of sp³-hybridized carbons (Fsp3) is 0.167. The topological polar surface area (TPSA) is 85.1 Å². The Bertz CT molecular complexity index is 1110. The highest BCUT2D eigenvalue weighted by atomic mass is 16.8. The number of carbonyl (C=O) groups is 2. The zero-order chi connectivity index (χ0) is 20.6. The molecule has 148 valence electrons. The van der Waals surface area contributed by atoms with Crippen molar-refractivity contribution in [3.63, 3.8) is 0 Å². The number of hydrogen-bond acceptors (Lipinski definition) is 4. The number of nitrogens with one attached hydrogen (secondary N) is 1. The first-order valence-electron chi connectivity index (χ1n) is 9.97. The van der Waals surface area contributed by atoms with Crippen molar-refractivity contribution in [3.8, 4) is 0 Å². The third-order valence-corrected chi connectivity index (χ3v) is 6.82. The molecule has 3 aliphatic carbocycles. The molecule has 3 aromatic carbocycles. The van der Waals surface area contributed by atoms with Crippen LogP contribution < -0.4 is 10.1 Å². The third-order valence-electron chi connectivity index (χ3n) is 6.82. The van der Waals surface area contributed by atoms with E-state index in [2.05, 4.69) is 0 Å². The van der Waals surface area contributed by atoms with Gasteiger partial charge in [-0.3, -0.25) is 9.59 Å². The summed E-state index contributed by atoms with van der Waals surface area (Å²) >= 11 is 0. The molecule has 2 amide bonds. The van der Waals surface area contributed by atoms with Crippen LogP contribution in [-0.2, 0) is 9.59 Å². The second kappa shape index (κ2) is 6.09. The van der Waals surface area contributed by atoms with Crippen LogP contribution in [0.15, 0.2) is 72.8 Å². The maximum atomic E-state index is 13.6. The Hall–Kier alpha value is -3.32. The number of carbonyl (C=O) groups excluding carboxylic acids is 2. The molecule has 6 nitrogen and oxygen atoms in total. The second-order valence-electron chi connectivity index (χ2n) is 8.10. The van der Waals surface area contributed by atoms with Crippen LogP contribution in [0.1, 0.15) is 34.1 Å². The van der Waals surface area contributed by atoms with Crippen molar-refractivity contribution in [3.05, 3.63) is 100 Å². The summed E-state index contributed by atoms with van der Waals surface area (Å²) in [7, 11) is 0. The molecule has 1 unspecified atom stereocenters. The van der Waals surface area contributed by atoms with Crippen LogP contribution in [0.2, 0.25) is 0 Å². The molecule has 2 N–H and O–H groups in total. The summed E-state index contributed by atoms with van der Waals surface area (Å²) in [6.45, 7) is 0. The summed E-state index contributed by atoms with van der Waals surface area (Å²) in [5.41, 5.74) is 4.49. The Morgan fingerprint density at radius 1 is 0.700 bits per heavy atom. The van der Waals surface area contributed by atoms with Crippen LogP contribution in [0, 0.1) is 17.0 Å².